The number of halogens is 1. The van der Waals surface area contributed by atoms with Gasteiger partial charge in [-0.05, 0) is 47.9 Å². The third-order valence-corrected chi connectivity index (χ3v) is 4.28. The lowest BCUT2D eigenvalue weighted by Gasteiger charge is -2.09. The lowest BCUT2D eigenvalue weighted by atomic mass is 10.0. The first-order valence-corrected chi connectivity index (χ1v) is 8.57. The van der Waals surface area contributed by atoms with Crippen molar-refractivity contribution in [2.45, 2.75) is 13.0 Å². The molecule has 0 aromatic heterocycles. The van der Waals surface area contributed by atoms with Gasteiger partial charge in [-0.2, -0.15) is 0 Å². The molecule has 0 bridgehead atoms. The quantitative estimate of drug-likeness (QED) is 0.636. The van der Waals surface area contributed by atoms with Crippen LogP contribution in [-0.4, -0.2) is 12.5 Å². The minimum atomic E-state index is -0.494. The molecule has 3 nitrogen and oxygen atoms in total. The zero-order chi connectivity index (χ0) is 18.4. The normalized spacial score (nSPS) is 10.7. The summed E-state index contributed by atoms with van der Waals surface area (Å²) in [6, 6.07) is 22.2. The standard InChI is InChI=1S/C22H21FN2O/c23-21-14-18(17-7-4-8-19(13-17)22(24)26)9-10-20(21)15-25-12-11-16-5-2-1-3-6-16/h1-10,13-14,25H,11-12,15H2,(H2,24,26). The fourth-order valence-corrected chi connectivity index (χ4v) is 2.82. The van der Waals surface area contributed by atoms with Crippen molar-refractivity contribution < 1.29 is 9.18 Å². The van der Waals surface area contributed by atoms with Gasteiger partial charge in [-0.3, -0.25) is 4.79 Å². The Hall–Kier alpha value is -2.98. The van der Waals surface area contributed by atoms with Crippen molar-refractivity contribution in [1.29, 1.82) is 0 Å². The topological polar surface area (TPSA) is 55.1 Å². The summed E-state index contributed by atoms with van der Waals surface area (Å²) in [7, 11) is 0. The third kappa shape index (κ3) is 4.55. The zero-order valence-corrected chi connectivity index (χ0v) is 14.4. The summed E-state index contributed by atoms with van der Waals surface area (Å²) >= 11 is 0. The Labute approximate surface area is 152 Å². The maximum absolute atomic E-state index is 14.4. The fraction of sp³-hybridized carbons (Fsp3) is 0.136. The molecule has 3 N–H and O–H groups in total. The van der Waals surface area contributed by atoms with Crippen molar-refractivity contribution >= 4 is 5.91 Å². The number of amides is 1. The van der Waals surface area contributed by atoms with Gasteiger partial charge in [-0.25, -0.2) is 4.39 Å². The molecule has 26 heavy (non-hydrogen) atoms. The number of hydrogen-bond acceptors (Lipinski definition) is 2. The summed E-state index contributed by atoms with van der Waals surface area (Å²) in [6.45, 7) is 1.26. The second-order valence-corrected chi connectivity index (χ2v) is 6.16. The smallest absolute Gasteiger partial charge is 0.248 e. The molecule has 0 radical (unpaired) electrons. The molecule has 0 aliphatic rings. The molecule has 0 unspecified atom stereocenters. The lowest BCUT2D eigenvalue weighted by molar-refractivity contribution is 0.100. The molecule has 0 fully saturated rings. The van der Waals surface area contributed by atoms with Gasteiger partial charge in [0.05, 0.1) is 0 Å². The van der Waals surface area contributed by atoms with E-state index in [4.69, 9.17) is 5.73 Å². The van der Waals surface area contributed by atoms with Gasteiger partial charge in [0, 0.05) is 17.7 Å². The average Bonchev–Trinajstić information content (AvgIpc) is 2.67. The molecule has 0 heterocycles. The summed E-state index contributed by atoms with van der Waals surface area (Å²) < 4.78 is 14.4. The molecule has 1 amide bonds. The second kappa shape index (κ2) is 8.41. The van der Waals surface area contributed by atoms with E-state index in [1.54, 1.807) is 24.3 Å². The molecule has 0 saturated carbocycles. The van der Waals surface area contributed by atoms with Crippen LogP contribution >= 0.6 is 0 Å². The van der Waals surface area contributed by atoms with Crippen LogP contribution in [0.1, 0.15) is 21.5 Å². The highest BCUT2D eigenvalue weighted by atomic mass is 19.1. The number of hydrogen-bond donors (Lipinski definition) is 2. The van der Waals surface area contributed by atoms with Crippen LogP contribution in [0.3, 0.4) is 0 Å². The van der Waals surface area contributed by atoms with Crippen molar-refractivity contribution in [3.8, 4) is 11.1 Å². The van der Waals surface area contributed by atoms with E-state index in [9.17, 15) is 9.18 Å². The fourth-order valence-electron chi connectivity index (χ4n) is 2.82. The van der Waals surface area contributed by atoms with Crippen LogP contribution in [0, 0.1) is 5.82 Å². The summed E-state index contributed by atoms with van der Waals surface area (Å²) in [4.78, 5) is 11.3. The third-order valence-electron chi connectivity index (χ3n) is 4.28. The Morgan fingerprint density at radius 2 is 1.69 bits per heavy atom. The molecule has 0 aliphatic carbocycles. The Bertz CT molecular complexity index is 894. The summed E-state index contributed by atoms with van der Waals surface area (Å²) in [5.74, 6) is -0.759. The number of nitrogens with one attached hydrogen (secondary N) is 1. The number of nitrogens with two attached hydrogens (primary N) is 1. The molecular weight excluding hydrogens is 327 g/mol. The van der Waals surface area contributed by atoms with Gasteiger partial charge in [-0.15, -0.1) is 0 Å². The number of rotatable bonds is 7. The molecule has 132 valence electrons. The largest absolute Gasteiger partial charge is 0.366 e. The molecule has 0 spiro atoms. The molecule has 3 aromatic rings. The first-order chi connectivity index (χ1) is 12.6. The minimum Gasteiger partial charge on any atom is -0.366 e. The number of carbonyl (C=O) groups excluding carboxylic acids is 1. The predicted octanol–water partition coefficient (Wildman–Crippen LogP) is 3.92. The van der Waals surface area contributed by atoms with E-state index >= 15 is 0 Å². The number of carbonyl (C=O) groups is 1. The molecular formula is C22H21FN2O. The second-order valence-electron chi connectivity index (χ2n) is 6.16. The van der Waals surface area contributed by atoms with E-state index in [1.165, 1.54) is 11.6 Å². The first-order valence-electron chi connectivity index (χ1n) is 8.57. The molecule has 0 atom stereocenters. The highest BCUT2D eigenvalue weighted by Gasteiger charge is 2.07. The van der Waals surface area contributed by atoms with Crippen LogP contribution in [0.25, 0.3) is 11.1 Å². The van der Waals surface area contributed by atoms with Crippen molar-refractivity contribution in [3.05, 3.63) is 95.3 Å². The van der Waals surface area contributed by atoms with E-state index in [-0.39, 0.29) is 5.82 Å². The minimum absolute atomic E-state index is 0.265. The van der Waals surface area contributed by atoms with Gasteiger partial charge in [-0.1, -0.05) is 54.6 Å². The molecule has 4 heteroatoms. The maximum Gasteiger partial charge on any atom is 0.248 e. The van der Waals surface area contributed by atoms with E-state index in [1.807, 2.05) is 30.3 Å². The zero-order valence-electron chi connectivity index (χ0n) is 14.4. The van der Waals surface area contributed by atoms with Gasteiger partial charge in [0.2, 0.25) is 5.91 Å². The molecule has 0 aliphatic heterocycles. The van der Waals surface area contributed by atoms with E-state index in [0.29, 0.717) is 17.7 Å². The van der Waals surface area contributed by atoms with Crippen LogP contribution < -0.4 is 11.1 Å². The van der Waals surface area contributed by atoms with Crippen LogP contribution in [-0.2, 0) is 13.0 Å². The predicted molar refractivity (Wildman–Crippen MR) is 102 cm³/mol. The van der Waals surface area contributed by atoms with Crippen molar-refractivity contribution in [1.82, 2.24) is 5.32 Å². The van der Waals surface area contributed by atoms with E-state index in [2.05, 4.69) is 17.4 Å². The Morgan fingerprint density at radius 1 is 0.923 bits per heavy atom. The van der Waals surface area contributed by atoms with Crippen LogP contribution in [0.5, 0.6) is 0 Å². The van der Waals surface area contributed by atoms with E-state index < -0.39 is 5.91 Å². The average molecular weight is 348 g/mol. The monoisotopic (exact) mass is 348 g/mol. The van der Waals surface area contributed by atoms with Gasteiger partial charge in [0.25, 0.3) is 0 Å². The Balaban J connectivity index is 1.62. The SMILES string of the molecule is NC(=O)c1cccc(-c2ccc(CNCCc3ccccc3)c(F)c2)c1. The van der Waals surface area contributed by atoms with Gasteiger partial charge < -0.3 is 11.1 Å². The Morgan fingerprint density at radius 3 is 2.42 bits per heavy atom. The molecule has 0 saturated heterocycles. The highest BCUT2D eigenvalue weighted by Crippen LogP contribution is 2.23. The van der Waals surface area contributed by atoms with Crippen molar-refractivity contribution in [3.63, 3.8) is 0 Å². The van der Waals surface area contributed by atoms with Gasteiger partial charge in [0.15, 0.2) is 0 Å². The number of primary amides is 1. The van der Waals surface area contributed by atoms with Crippen molar-refractivity contribution in [2.75, 3.05) is 6.54 Å². The van der Waals surface area contributed by atoms with Gasteiger partial charge in [0.1, 0.15) is 5.82 Å². The highest BCUT2D eigenvalue weighted by molar-refractivity contribution is 5.94. The van der Waals surface area contributed by atoms with Gasteiger partial charge >= 0.3 is 0 Å². The lowest BCUT2D eigenvalue weighted by Crippen LogP contribution is -2.17. The number of benzene rings is 3. The first kappa shape index (κ1) is 17.8. The summed E-state index contributed by atoms with van der Waals surface area (Å²) in [5, 5.41) is 3.27. The maximum atomic E-state index is 14.4. The van der Waals surface area contributed by atoms with Crippen LogP contribution in [0.4, 0.5) is 4.39 Å². The summed E-state index contributed by atoms with van der Waals surface area (Å²) in [6.07, 6.45) is 0.903. The van der Waals surface area contributed by atoms with E-state index in [0.717, 1.165) is 24.1 Å². The molecule has 3 aromatic carbocycles. The van der Waals surface area contributed by atoms with Crippen LogP contribution in [0.15, 0.2) is 72.8 Å². The Kier molecular flexibility index (Phi) is 5.77. The molecule has 3 rings (SSSR count). The van der Waals surface area contributed by atoms with Crippen molar-refractivity contribution in [2.24, 2.45) is 5.73 Å². The summed E-state index contributed by atoms with van der Waals surface area (Å²) in [5.41, 5.74) is 9.08. The van der Waals surface area contributed by atoms with Crippen LogP contribution in [0.2, 0.25) is 0 Å².